The van der Waals surface area contributed by atoms with Gasteiger partial charge in [-0.3, -0.25) is 0 Å². The fraction of sp³-hybridized carbons (Fsp3) is 0.250. The normalized spacial score (nSPS) is 12.2. The van der Waals surface area contributed by atoms with Gasteiger partial charge in [0.25, 0.3) is 0 Å². The van der Waals surface area contributed by atoms with Crippen molar-refractivity contribution in [2.75, 3.05) is 6.61 Å². The van der Waals surface area contributed by atoms with E-state index < -0.39 is 0 Å². The molecule has 0 heterocycles. The van der Waals surface area contributed by atoms with Crippen molar-refractivity contribution < 1.29 is 4.74 Å². The van der Waals surface area contributed by atoms with Gasteiger partial charge in [-0.05, 0) is 57.7 Å². The van der Waals surface area contributed by atoms with Crippen LogP contribution in [-0.4, -0.2) is 6.61 Å². The molecule has 2 rings (SSSR count). The van der Waals surface area contributed by atoms with Gasteiger partial charge in [-0.15, -0.1) is 0 Å². The van der Waals surface area contributed by atoms with E-state index in [9.17, 15) is 0 Å². The lowest BCUT2D eigenvalue weighted by Gasteiger charge is -2.14. The first kappa shape index (κ1) is 17.1. The molecule has 0 amide bonds. The molecular formula is C16H14Br2Cl2O. The lowest BCUT2D eigenvalue weighted by Crippen LogP contribution is -1.98. The molecule has 0 aliphatic carbocycles. The van der Waals surface area contributed by atoms with Crippen molar-refractivity contribution in [1.82, 2.24) is 0 Å². The summed E-state index contributed by atoms with van der Waals surface area (Å²) in [5.74, 6) is 0.856. The summed E-state index contributed by atoms with van der Waals surface area (Å²) in [5.41, 5.74) is 2.17. The number of halogens is 4. The number of rotatable bonds is 5. The summed E-state index contributed by atoms with van der Waals surface area (Å²) >= 11 is 19.3. The number of hydrogen-bond acceptors (Lipinski definition) is 1. The summed E-state index contributed by atoms with van der Waals surface area (Å²) in [5, 5.41) is 1.12. The fourth-order valence-electron chi connectivity index (χ4n) is 1.87. The van der Waals surface area contributed by atoms with Gasteiger partial charge in [0.15, 0.2) is 0 Å². The van der Waals surface area contributed by atoms with Gasteiger partial charge in [-0.25, -0.2) is 0 Å². The summed E-state index contributed by atoms with van der Waals surface area (Å²) < 4.78 is 6.60. The van der Waals surface area contributed by atoms with Crippen LogP contribution in [0.1, 0.15) is 29.3 Å². The zero-order valence-corrected chi connectivity index (χ0v) is 16.1. The van der Waals surface area contributed by atoms with E-state index in [4.69, 9.17) is 27.9 Å². The van der Waals surface area contributed by atoms with E-state index >= 15 is 0 Å². The molecule has 0 bridgehead atoms. The van der Waals surface area contributed by atoms with Crippen LogP contribution in [0.5, 0.6) is 5.75 Å². The Labute approximate surface area is 151 Å². The summed E-state index contributed by atoms with van der Waals surface area (Å²) in [7, 11) is 0. The standard InChI is InChI=1S/C16H14Br2Cl2O/c1-2-7-21-15-6-4-10(8-12(15)17)16(18)11-3-5-13(19)14(20)9-11/h3-6,8-9,16H,2,7H2,1H3. The first-order valence-electron chi connectivity index (χ1n) is 6.54. The maximum Gasteiger partial charge on any atom is 0.133 e. The molecule has 0 fully saturated rings. The van der Waals surface area contributed by atoms with Gasteiger partial charge in [-0.2, -0.15) is 0 Å². The summed E-state index contributed by atoms with van der Waals surface area (Å²) in [6, 6.07) is 11.7. The van der Waals surface area contributed by atoms with Crippen LogP contribution >= 0.6 is 55.1 Å². The SMILES string of the molecule is CCCOc1ccc(C(Br)c2ccc(Cl)c(Cl)c2)cc1Br. The number of benzene rings is 2. The maximum absolute atomic E-state index is 6.08. The summed E-state index contributed by atoms with van der Waals surface area (Å²) in [6.07, 6.45) is 0.985. The Kier molecular flexibility index (Phi) is 6.42. The molecule has 1 atom stereocenters. The second kappa shape index (κ2) is 7.87. The van der Waals surface area contributed by atoms with E-state index in [1.807, 2.05) is 30.3 Å². The minimum atomic E-state index is 0.0452. The zero-order valence-electron chi connectivity index (χ0n) is 11.4. The zero-order chi connectivity index (χ0) is 15.4. The van der Waals surface area contributed by atoms with Gasteiger partial charge >= 0.3 is 0 Å². The van der Waals surface area contributed by atoms with E-state index in [0.717, 1.165) is 27.8 Å². The third-order valence-corrected chi connectivity index (χ3v) is 5.36. The Hall–Kier alpha value is -0.220. The maximum atomic E-state index is 6.08. The van der Waals surface area contributed by atoms with E-state index in [0.29, 0.717) is 16.7 Å². The largest absolute Gasteiger partial charge is 0.492 e. The highest BCUT2D eigenvalue weighted by molar-refractivity contribution is 9.10. The van der Waals surface area contributed by atoms with Gasteiger partial charge in [-0.1, -0.05) is 58.2 Å². The molecule has 0 radical (unpaired) electrons. The van der Waals surface area contributed by atoms with Crippen LogP contribution < -0.4 is 4.74 Å². The van der Waals surface area contributed by atoms with Crippen molar-refractivity contribution in [2.24, 2.45) is 0 Å². The molecule has 0 aliphatic heterocycles. The van der Waals surface area contributed by atoms with Crippen LogP contribution in [0.4, 0.5) is 0 Å². The minimum absolute atomic E-state index is 0.0452. The predicted octanol–water partition coefficient (Wildman–Crippen LogP) is 7.03. The second-order valence-electron chi connectivity index (χ2n) is 4.57. The van der Waals surface area contributed by atoms with Crippen molar-refractivity contribution in [2.45, 2.75) is 18.2 Å². The third-order valence-electron chi connectivity index (χ3n) is 2.95. The molecule has 112 valence electrons. The van der Waals surface area contributed by atoms with Gasteiger partial charge in [0.1, 0.15) is 5.75 Å². The molecule has 1 unspecified atom stereocenters. The minimum Gasteiger partial charge on any atom is -0.492 e. The molecular weight excluding hydrogens is 439 g/mol. The van der Waals surface area contributed by atoms with Crippen molar-refractivity contribution >= 4 is 55.1 Å². The first-order chi connectivity index (χ1) is 10.0. The van der Waals surface area contributed by atoms with Crippen LogP contribution in [0.25, 0.3) is 0 Å². The second-order valence-corrected chi connectivity index (χ2v) is 7.16. The van der Waals surface area contributed by atoms with Gasteiger partial charge < -0.3 is 4.74 Å². The Bertz CT molecular complexity index is 632. The number of ether oxygens (including phenoxy) is 1. The number of alkyl halides is 1. The van der Waals surface area contributed by atoms with Crippen molar-refractivity contribution in [3.63, 3.8) is 0 Å². The molecule has 2 aromatic rings. The lowest BCUT2D eigenvalue weighted by atomic mass is 10.0. The molecule has 5 heteroatoms. The van der Waals surface area contributed by atoms with Crippen LogP contribution in [0.15, 0.2) is 40.9 Å². The lowest BCUT2D eigenvalue weighted by molar-refractivity contribution is 0.315. The van der Waals surface area contributed by atoms with E-state index in [1.165, 1.54) is 0 Å². The molecule has 0 aromatic heterocycles. The smallest absolute Gasteiger partial charge is 0.133 e. The Morgan fingerprint density at radius 2 is 1.71 bits per heavy atom. The van der Waals surface area contributed by atoms with Crippen LogP contribution in [0.2, 0.25) is 10.0 Å². The van der Waals surface area contributed by atoms with Crippen LogP contribution in [0, 0.1) is 0 Å². The highest BCUT2D eigenvalue weighted by Crippen LogP contribution is 2.37. The van der Waals surface area contributed by atoms with E-state index in [1.54, 1.807) is 6.07 Å². The molecule has 0 N–H and O–H groups in total. The Morgan fingerprint density at radius 3 is 2.33 bits per heavy atom. The molecule has 0 spiro atoms. The van der Waals surface area contributed by atoms with E-state index in [2.05, 4.69) is 38.8 Å². The summed E-state index contributed by atoms with van der Waals surface area (Å²) in [4.78, 5) is 0.0452. The van der Waals surface area contributed by atoms with Gasteiger partial charge in [0.2, 0.25) is 0 Å². The third kappa shape index (κ3) is 4.38. The molecule has 0 saturated carbocycles. The van der Waals surface area contributed by atoms with Crippen molar-refractivity contribution in [3.05, 3.63) is 62.0 Å². The fourth-order valence-corrected chi connectivity index (χ4v) is 3.25. The molecule has 1 nitrogen and oxygen atoms in total. The average molecular weight is 453 g/mol. The molecule has 2 aromatic carbocycles. The molecule has 21 heavy (non-hydrogen) atoms. The van der Waals surface area contributed by atoms with Gasteiger partial charge in [0, 0.05) is 0 Å². The van der Waals surface area contributed by atoms with Gasteiger partial charge in [0.05, 0.1) is 26.0 Å². The monoisotopic (exact) mass is 450 g/mol. The average Bonchev–Trinajstić information content (AvgIpc) is 2.48. The quantitative estimate of drug-likeness (QED) is 0.442. The highest BCUT2D eigenvalue weighted by Gasteiger charge is 2.14. The van der Waals surface area contributed by atoms with Crippen LogP contribution in [0.3, 0.4) is 0 Å². The topological polar surface area (TPSA) is 9.23 Å². The Balaban J connectivity index is 2.24. The van der Waals surface area contributed by atoms with Crippen molar-refractivity contribution in [1.29, 1.82) is 0 Å². The Morgan fingerprint density at radius 1 is 1.05 bits per heavy atom. The van der Waals surface area contributed by atoms with E-state index in [-0.39, 0.29) is 4.83 Å². The molecule has 0 saturated heterocycles. The first-order valence-corrected chi connectivity index (χ1v) is 9.00. The number of hydrogen-bond donors (Lipinski definition) is 0. The van der Waals surface area contributed by atoms with Crippen molar-refractivity contribution in [3.8, 4) is 5.75 Å². The predicted molar refractivity (Wildman–Crippen MR) is 97.2 cm³/mol. The summed E-state index contributed by atoms with van der Waals surface area (Å²) in [6.45, 7) is 2.80. The highest BCUT2D eigenvalue weighted by atomic mass is 79.9. The molecule has 0 aliphatic rings. The van der Waals surface area contributed by atoms with Crippen LogP contribution in [-0.2, 0) is 0 Å².